The van der Waals surface area contributed by atoms with Gasteiger partial charge >= 0.3 is 6.03 Å². The number of urea groups is 1. The van der Waals surface area contributed by atoms with Gasteiger partial charge in [0.15, 0.2) is 5.82 Å². The van der Waals surface area contributed by atoms with Crippen LogP contribution in [0, 0.1) is 0 Å². The van der Waals surface area contributed by atoms with Gasteiger partial charge in [-0.25, -0.2) is 4.79 Å². The highest BCUT2D eigenvalue weighted by Crippen LogP contribution is 2.32. The van der Waals surface area contributed by atoms with Gasteiger partial charge in [0.2, 0.25) is 5.89 Å². The van der Waals surface area contributed by atoms with Crippen molar-refractivity contribution in [1.29, 1.82) is 0 Å². The summed E-state index contributed by atoms with van der Waals surface area (Å²) in [4.78, 5) is 16.4. The summed E-state index contributed by atoms with van der Waals surface area (Å²) >= 11 is 0. The van der Waals surface area contributed by atoms with E-state index in [0.717, 1.165) is 25.1 Å². The first-order valence-electron chi connectivity index (χ1n) is 8.15. The molecule has 1 aliphatic rings. The van der Waals surface area contributed by atoms with E-state index in [1.807, 2.05) is 13.8 Å². The fourth-order valence-electron chi connectivity index (χ4n) is 2.79. The maximum atomic E-state index is 11.9. The summed E-state index contributed by atoms with van der Waals surface area (Å²) in [5.41, 5.74) is 0. The molecule has 0 bridgehead atoms. The predicted octanol–water partition coefficient (Wildman–Crippen LogP) is 2.25. The molecule has 0 radical (unpaired) electrons. The molecule has 22 heavy (non-hydrogen) atoms. The van der Waals surface area contributed by atoms with E-state index in [9.17, 15) is 4.79 Å². The van der Waals surface area contributed by atoms with Crippen molar-refractivity contribution in [2.75, 3.05) is 6.61 Å². The summed E-state index contributed by atoms with van der Waals surface area (Å²) in [5.74, 6) is 1.59. The van der Waals surface area contributed by atoms with Crippen molar-refractivity contribution in [2.45, 2.75) is 70.4 Å². The van der Waals surface area contributed by atoms with Crippen LogP contribution < -0.4 is 10.6 Å². The van der Waals surface area contributed by atoms with Gasteiger partial charge in [-0.1, -0.05) is 24.9 Å². The first kappa shape index (κ1) is 16.7. The predicted molar refractivity (Wildman–Crippen MR) is 81.4 cm³/mol. The number of rotatable bonds is 7. The lowest BCUT2D eigenvalue weighted by atomic mass is 10.1. The minimum atomic E-state index is -0.339. The Morgan fingerprint density at radius 3 is 2.77 bits per heavy atom. The highest BCUT2D eigenvalue weighted by atomic mass is 16.5. The van der Waals surface area contributed by atoms with Gasteiger partial charge in [-0.3, -0.25) is 0 Å². The van der Waals surface area contributed by atoms with Gasteiger partial charge in [-0.15, -0.1) is 0 Å². The monoisotopic (exact) mass is 310 g/mol. The Morgan fingerprint density at radius 1 is 1.41 bits per heavy atom. The summed E-state index contributed by atoms with van der Waals surface area (Å²) < 4.78 is 5.27. The second-order valence-corrected chi connectivity index (χ2v) is 5.93. The van der Waals surface area contributed by atoms with Crippen LogP contribution in [0.25, 0.3) is 0 Å². The zero-order valence-corrected chi connectivity index (χ0v) is 13.3. The summed E-state index contributed by atoms with van der Waals surface area (Å²) in [6.45, 7) is 3.84. The van der Waals surface area contributed by atoms with Crippen LogP contribution in [0.1, 0.15) is 76.0 Å². The third-order valence-corrected chi connectivity index (χ3v) is 4.20. The number of hydrogen-bond acceptors (Lipinski definition) is 5. The van der Waals surface area contributed by atoms with Crippen LogP contribution in [0.15, 0.2) is 4.52 Å². The molecule has 7 heteroatoms. The van der Waals surface area contributed by atoms with Crippen molar-refractivity contribution in [2.24, 2.45) is 0 Å². The quantitative estimate of drug-likeness (QED) is 0.717. The number of aromatic nitrogens is 2. The van der Waals surface area contributed by atoms with Crippen molar-refractivity contribution in [3.8, 4) is 0 Å². The number of carbonyl (C=O) groups excluding carboxylic acids is 1. The number of amides is 2. The maximum absolute atomic E-state index is 11.9. The van der Waals surface area contributed by atoms with Crippen molar-refractivity contribution in [3.05, 3.63) is 11.7 Å². The number of hydrogen-bond donors (Lipinski definition) is 3. The van der Waals surface area contributed by atoms with Crippen LogP contribution in [0.5, 0.6) is 0 Å². The lowest BCUT2D eigenvalue weighted by Gasteiger charge is -2.17. The fourth-order valence-corrected chi connectivity index (χ4v) is 2.79. The number of carbonyl (C=O) groups is 1. The molecule has 2 unspecified atom stereocenters. The molecular formula is C15H26N4O3. The Hall–Kier alpha value is -1.63. The second-order valence-electron chi connectivity index (χ2n) is 5.93. The molecule has 0 aliphatic heterocycles. The van der Waals surface area contributed by atoms with Crippen LogP contribution in [-0.2, 0) is 0 Å². The number of nitrogens with one attached hydrogen (secondary N) is 2. The molecular weight excluding hydrogens is 284 g/mol. The molecule has 0 aromatic carbocycles. The molecule has 124 valence electrons. The molecule has 2 amide bonds. The fraction of sp³-hybridized carbons (Fsp3) is 0.800. The minimum Gasteiger partial charge on any atom is -0.396 e. The SMILES string of the molecule is CCC(CCO)NC(=O)NC(C)c1nc(C2CCCC2)no1. The molecule has 1 saturated carbocycles. The third-order valence-electron chi connectivity index (χ3n) is 4.20. The van der Waals surface area contributed by atoms with Gasteiger partial charge < -0.3 is 20.3 Å². The van der Waals surface area contributed by atoms with Gasteiger partial charge in [0.25, 0.3) is 0 Å². The second kappa shape index (κ2) is 8.12. The number of aliphatic hydroxyl groups excluding tert-OH is 1. The molecule has 2 rings (SSSR count). The highest BCUT2D eigenvalue weighted by molar-refractivity contribution is 5.74. The Morgan fingerprint density at radius 2 is 2.14 bits per heavy atom. The molecule has 0 spiro atoms. The van der Waals surface area contributed by atoms with Gasteiger partial charge in [-0.05, 0) is 32.6 Å². The van der Waals surface area contributed by atoms with Crippen LogP contribution in [0.2, 0.25) is 0 Å². The molecule has 2 atom stereocenters. The molecule has 1 aromatic heterocycles. The van der Waals surface area contributed by atoms with E-state index in [-0.39, 0.29) is 24.7 Å². The van der Waals surface area contributed by atoms with Crippen LogP contribution in [-0.4, -0.2) is 33.9 Å². The van der Waals surface area contributed by atoms with Gasteiger partial charge in [0, 0.05) is 18.6 Å². The molecule has 1 aromatic rings. The van der Waals surface area contributed by atoms with E-state index in [0.29, 0.717) is 18.2 Å². The van der Waals surface area contributed by atoms with Crippen molar-refractivity contribution in [1.82, 2.24) is 20.8 Å². The Bertz CT molecular complexity index is 471. The first-order valence-corrected chi connectivity index (χ1v) is 8.15. The van der Waals surface area contributed by atoms with E-state index in [1.54, 1.807) is 0 Å². The molecule has 7 nitrogen and oxygen atoms in total. The topological polar surface area (TPSA) is 100 Å². The third kappa shape index (κ3) is 4.43. The first-order chi connectivity index (χ1) is 10.6. The summed E-state index contributed by atoms with van der Waals surface area (Å²) in [5, 5.41) is 18.6. The Balaban J connectivity index is 1.85. The molecule has 1 fully saturated rings. The molecule has 1 heterocycles. The van der Waals surface area contributed by atoms with Gasteiger partial charge in [0.05, 0.1) is 0 Å². The van der Waals surface area contributed by atoms with Crippen LogP contribution >= 0.6 is 0 Å². The maximum Gasteiger partial charge on any atom is 0.315 e. The summed E-state index contributed by atoms with van der Waals surface area (Å²) in [6.07, 6.45) is 5.97. The molecule has 0 saturated heterocycles. The normalized spacial score (nSPS) is 18.1. The van der Waals surface area contributed by atoms with E-state index < -0.39 is 0 Å². The van der Waals surface area contributed by atoms with Gasteiger partial charge in [-0.2, -0.15) is 4.98 Å². The lowest BCUT2D eigenvalue weighted by molar-refractivity contribution is 0.222. The van der Waals surface area contributed by atoms with Crippen LogP contribution in [0.4, 0.5) is 4.79 Å². The summed E-state index contributed by atoms with van der Waals surface area (Å²) in [6, 6.07) is -0.656. The van der Waals surface area contributed by atoms with E-state index in [4.69, 9.17) is 9.63 Å². The van der Waals surface area contributed by atoms with E-state index in [1.165, 1.54) is 12.8 Å². The largest absolute Gasteiger partial charge is 0.396 e. The standard InChI is InChI=1S/C15H26N4O3/c1-3-12(8-9-20)17-15(21)16-10(2)14-18-13(19-22-14)11-6-4-5-7-11/h10-12,20H,3-9H2,1-2H3,(H2,16,17,21). The Kier molecular flexibility index (Phi) is 6.18. The number of nitrogens with zero attached hydrogens (tertiary/aromatic N) is 2. The van der Waals surface area contributed by atoms with Crippen LogP contribution in [0.3, 0.4) is 0 Å². The molecule has 1 aliphatic carbocycles. The van der Waals surface area contributed by atoms with Crippen molar-refractivity contribution < 1.29 is 14.4 Å². The highest BCUT2D eigenvalue weighted by Gasteiger charge is 2.24. The van der Waals surface area contributed by atoms with Gasteiger partial charge in [0.1, 0.15) is 6.04 Å². The average molecular weight is 310 g/mol. The smallest absolute Gasteiger partial charge is 0.315 e. The van der Waals surface area contributed by atoms with E-state index in [2.05, 4.69) is 20.8 Å². The molecule has 3 N–H and O–H groups in total. The lowest BCUT2D eigenvalue weighted by Crippen LogP contribution is -2.43. The minimum absolute atomic E-state index is 0.0334. The van der Waals surface area contributed by atoms with Crippen molar-refractivity contribution in [3.63, 3.8) is 0 Å². The zero-order chi connectivity index (χ0) is 15.9. The van der Waals surface area contributed by atoms with Crippen molar-refractivity contribution >= 4 is 6.03 Å². The van der Waals surface area contributed by atoms with E-state index >= 15 is 0 Å². The average Bonchev–Trinajstić information content (AvgIpc) is 3.17. The zero-order valence-electron chi connectivity index (χ0n) is 13.3. The number of aliphatic hydroxyl groups is 1. The Labute approximate surface area is 130 Å². The summed E-state index contributed by atoms with van der Waals surface area (Å²) in [7, 11) is 0.